The van der Waals surface area contributed by atoms with E-state index in [-0.39, 0.29) is 12.5 Å². The van der Waals surface area contributed by atoms with Crippen molar-refractivity contribution < 1.29 is 32.0 Å². The number of carbonyl (C=O) groups excluding carboxylic acids is 2. The number of carbonyl (C=O) groups is 2. The van der Waals surface area contributed by atoms with E-state index in [0.717, 1.165) is 35.2 Å². The minimum Gasteiger partial charge on any atom is -0.442 e. The van der Waals surface area contributed by atoms with Gasteiger partial charge in [-0.1, -0.05) is 17.3 Å². The summed E-state index contributed by atoms with van der Waals surface area (Å²) in [6, 6.07) is 10.6. The number of ether oxygens (including phenoxy) is 1. The smallest absolute Gasteiger partial charge is 0.416 e. The Balaban J connectivity index is 1.44. The number of nitrogens with zero attached hydrogens (tertiary/aromatic N) is 2. The van der Waals surface area contributed by atoms with Gasteiger partial charge in [0.05, 0.1) is 18.7 Å². The highest BCUT2D eigenvalue weighted by molar-refractivity contribution is 5.90. The summed E-state index contributed by atoms with van der Waals surface area (Å²) < 4.78 is 50.6. The lowest BCUT2D eigenvalue weighted by Gasteiger charge is -2.15. The number of benzene rings is 2. The number of alkyl halides is 3. The third-order valence-corrected chi connectivity index (χ3v) is 6.22. The van der Waals surface area contributed by atoms with Gasteiger partial charge in [-0.2, -0.15) is 13.2 Å². The van der Waals surface area contributed by atoms with Crippen LogP contribution in [0.3, 0.4) is 0 Å². The fourth-order valence-electron chi connectivity index (χ4n) is 4.55. The third kappa shape index (κ3) is 4.48. The van der Waals surface area contributed by atoms with Gasteiger partial charge in [-0.25, -0.2) is 4.79 Å². The first-order chi connectivity index (χ1) is 16.7. The van der Waals surface area contributed by atoms with Gasteiger partial charge in [0.1, 0.15) is 11.8 Å². The van der Waals surface area contributed by atoms with Crippen molar-refractivity contribution in [3.8, 4) is 22.6 Å². The molecule has 1 aromatic heterocycles. The van der Waals surface area contributed by atoms with E-state index >= 15 is 0 Å². The molecule has 2 heterocycles. The number of halogens is 3. The lowest BCUT2D eigenvalue weighted by atomic mass is 9.99. The topological polar surface area (TPSA) is 84.7 Å². The standard InChI is InChI=1S/C25H22F3N3O4/c1-14(32)29-12-19-13-31(24(33)34-19)18-8-9-20-15(11-18)4-3-7-21-22(30-35-23(20)21)16-5-2-6-17(10-16)25(26,27)28/h2,5-6,8-11,19H,3-4,7,12-13H2,1H3,(H,29,32). The van der Waals surface area contributed by atoms with Crippen LogP contribution in [0, 0.1) is 0 Å². The number of cyclic esters (lactones) is 1. The summed E-state index contributed by atoms with van der Waals surface area (Å²) in [5, 5.41) is 6.78. The second-order valence-corrected chi connectivity index (χ2v) is 8.67. The molecule has 1 aliphatic carbocycles. The van der Waals surface area contributed by atoms with Crippen molar-refractivity contribution >= 4 is 17.7 Å². The highest BCUT2D eigenvalue weighted by atomic mass is 19.4. The highest BCUT2D eigenvalue weighted by Gasteiger charge is 2.34. The Kier molecular flexibility index (Phi) is 5.74. The van der Waals surface area contributed by atoms with Crippen molar-refractivity contribution in [2.45, 2.75) is 38.5 Å². The highest BCUT2D eigenvalue weighted by Crippen LogP contribution is 2.40. The molecule has 1 saturated heterocycles. The zero-order valence-corrected chi connectivity index (χ0v) is 18.8. The summed E-state index contributed by atoms with van der Waals surface area (Å²) in [4.78, 5) is 25.1. The lowest BCUT2D eigenvalue weighted by molar-refractivity contribution is -0.137. The first-order valence-electron chi connectivity index (χ1n) is 11.2. The summed E-state index contributed by atoms with van der Waals surface area (Å²) in [5.74, 6) is 0.334. The molecule has 1 N–H and O–H groups in total. The van der Waals surface area contributed by atoms with Crippen LogP contribution in [-0.2, 0) is 28.5 Å². The normalized spacial score (nSPS) is 17.4. The molecule has 1 aliphatic heterocycles. The van der Waals surface area contributed by atoms with Crippen molar-refractivity contribution in [3.05, 3.63) is 59.2 Å². The van der Waals surface area contributed by atoms with Gasteiger partial charge in [0.2, 0.25) is 5.91 Å². The van der Waals surface area contributed by atoms with Crippen LogP contribution in [0.4, 0.5) is 23.7 Å². The van der Waals surface area contributed by atoms with Crippen molar-refractivity contribution in [1.82, 2.24) is 10.5 Å². The molecule has 1 fully saturated rings. The Labute approximate surface area is 198 Å². The second-order valence-electron chi connectivity index (χ2n) is 8.67. The van der Waals surface area contributed by atoms with Gasteiger partial charge < -0.3 is 14.6 Å². The van der Waals surface area contributed by atoms with Crippen molar-refractivity contribution in [2.24, 2.45) is 0 Å². The summed E-state index contributed by atoms with van der Waals surface area (Å²) in [6.07, 6.45) is -3.33. The van der Waals surface area contributed by atoms with Crippen LogP contribution in [0.5, 0.6) is 0 Å². The molecule has 2 aliphatic rings. The summed E-state index contributed by atoms with van der Waals surface area (Å²) in [7, 11) is 0. The number of aryl methyl sites for hydroxylation is 1. The fraction of sp³-hybridized carbons (Fsp3) is 0.320. The molecule has 1 unspecified atom stereocenters. The first-order valence-corrected chi connectivity index (χ1v) is 11.2. The average Bonchev–Trinajstić information content (AvgIpc) is 3.35. The van der Waals surface area contributed by atoms with Crippen LogP contribution in [0.2, 0.25) is 0 Å². The molecule has 35 heavy (non-hydrogen) atoms. The Morgan fingerprint density at radius 1 is 1.20 bits per heavy atom. The number of nitrogens with one attached hydrogen (secondary N) is 1. The number of hydrogen-bond donors (Lipinski definition) is 1. The number of amides is 2. The number of rotatable bonds is 4. The minimum atomic E-state index is -4.45. The molecular formula is C25H22F3N3O4. The van der Waals surface area contributed by atoms with E-state index in [1.165, 1.54) is 17.9 Å². The van der Waals surface area contributed by atoms with Crippen LogP contribution in [0.1, 0.15) is 30.0 Å². The third-order valence-electron chi connectivity index (χ3n) is 6.22. The monoisotopic (exact) mass is 485 g/mol. The van der Waals surface area contributed by atoms with Crippen molar-refractivity contribution in [1.29, 1.82) is 0 Å². The fourth-order valence-corrected chi connectivity index (χ4v) is 4.55. The van der Waals surface area contributed by atoms with Gasteiger partial charge in [0.15, 0.2) is 5.76 Å². The van der Waals surface area contributed by atoms with Crippen LogP contribution >= 0.6 is 0 Å². The zero-order valence-electron chi connectivity index (χ0n) is 18.8. The minimum absolute atomic E-state index is 0.197. The summed E-state index contributed by atoms with van der Waals surface area (Å²) in [6.45, 7) is 1.95. The molecule has 10 heteroatoms. The van der Waals surface area contributed by atoms with Gasteiger partial charge in [-0.15, -0.1) is 0 Å². The van der Waals surface area contributed by atoms with Gasteiger partial charge in [0.25, 0.3) is 0 Å². The van der Waals surface area contributed by atoms with Crippen LogP contribution in [0.25, 0.3) is 22.6 Å². The Morgan fingerprint density at radius 2 is 2.03 bits per heavy atom. The van der Waals surface area contributed by atoms with E-state index in [1.54, 1.807) is 12.1 Å². The molecule has 2 amide bonds. The quantitative estimate of drug-likeness (QED) is 0.564. The Hall–Kier alpha value is -3.82. The van der Waals surface area contributed by atoms with E-state index in [2.05, 4.69) is 10.5 Å². The van der Waals surface area contributed by atoms with Gasteiger partial charge in [0, 0.05) is 29.3 Å². The van der Waals surface area contributed by atoms with Crippen molar-refractivity contribution in [3.63, 3.8) is 0 Å². The van der Waals surface area contributed by atoms with Gasteiger partial charge in [-0.05, 0) is 55.2 Å². The first kappa shape index (κ1) is 22.9. The maximum atomic E-state index is 13.2. The largest absolute Gasteiger partial charge is 0.442 e. The van der Waals surface area contributed by atoms with E-state index < -0.39 is 23.9 Å². The Bertz CT molecular complexity index is 1300. The number of hydrogen-bond acceptors (Lipinski definition) is 5. The molecule has 0 saturated carbocycles. The predicted octanol–water partition coefficient (Wildman–Crippen LogP) is 4.98. The van der Waals surface area contributed by atoms with Gasteiger partial charge >= 0.3 is 12.3 Å². The molecule has 3 aromatic rings. The van der Waals surface area contributed by atoms with Crippen LogP contribution in [0.15, 0.2) is 47.0 Å². The average molecular weight is 485 g/mol. The molecule has 182 valence electrons. The number of anilines is 1. The SMILES string of the molecule is CC(=O)NCC1CN(c2ccc3c(c2)CCCc2c(-c4cccc(C(F)(F)F)c4)noc2-3)C(=O)O1. The Morgan fingerprint density at radius 3 is 2.80 bits per heavy atom. The van der Waals surface area contributed by atoms with E-state index in [9.17, 15) is 22.8 Å². The molecular weight excluding hydrogens is 463 g/mol. The molecule has 2 aromatic carbocycles. The molecule has 7 nitrogen and oxygen atoms in total. The van der Waals surface area contributed by atoms with Crippen LogP contribution < -0.4 is 10.2 Å². The predicted molar refractivity (Wildman–Crippen MR) is 121 cm³/mol. The summed E-state index contributed by atoms with van der Waals surface area (Å²) in [5.41, 5.74) is 3.22. The molecule has 0 bridgehead atoms. The molecule has 0 radical (unpaired) electrons. The van der Waals surface area contributed by atoms with E-state index in [4.69, 9.17) is 9.26 Å². The van der Waals surface area contributed by atoms with E-state index in [1.807, 2.05) is 12.1 Å². The lowest BCUT2D eigenvalue weighted by Crippen LogP contribution is -2.33. The molecule has 0 spiro atoms. The molecule has 1 atom stereocenters. The molecule has 5 rings (SSSR count). The maximum absolute atomic E-state index is 13.2. The summed E-state index contributed by atoms with van der Waals surface area (Å²) >= 11 is 0. The second kappa shape index (κ2) is 8.75. The van der Waals surface area contributed by atoms with Gasteiger partial charge in [-0.3, -0.25) is 9.69 Å². The maximum Gasteiger partial charge on any atom is 0.416 e. The zero-order chi connectivity index (χ0) is 24.7. The number of aromatic nitrogens is 1. The van der Waals surface area contributed by atoms with Crippen molar-refractivity contribution in [2.75, 3.05) is 18.0 Å². The van der Waals surface area contributed by atoms with Crippen LogP contribution in [-0.4, -0.2) is 36.4 Å². The van der Waals surface area contributed by atoms with E-state index in [0.29, 0.717) is 42.1 Å². The number of fused-ring (bicyclic) bond motifs is 3.